The number of rotatable bonds is 2. The van der Waals surface area contributed by atoms with E-state index in [2.05, 4.69) is 10.3 Å². The Morgan fingerprint density at radius 2 is 2.28 bits per heavy atom. The monoisotopic (exact) mass is 259 g/mol. The molecule has 0 bridgehead atoms. The number of nitrogens with zero attached hydrogens (tertiary/aromatic N) is 1. The van der Waals surface area contributed by atoms with Gasteiger partial charge in [0.2, 0.25) is 5.91 Å². The molecule has 0 spiro atoms. The maximum Gasteiger partial charge on any atom is 0.249 e. The van der Waals surface area contributed by atoms with Crippen LogP contribution in [0.1, 0.15) is 21.3 Å². The molecule has 2 aliphatic heterocycles. The highest BCUT2D eigenvalue weighted by molar-refractivity contribution is 8.00. The van der Waals surface area contributed by atoms with Crippen molar-refractivity contribution in [2.24, 2.45) is 10.7 Å². The lowest BCUT2D eigenvalue weighted by atomic mass is 10.1. The van der Waals surface area contributed by atoms with Gasteiger partial charge in [-0.1, -0.05) is 18.2 Å². The van der Waals surface area contributed by atoms with Gasteiger partial charge in [-0.25, -0.2) is 0 Å². The zero-order valence-corrected chi connectivity index (χ0v) is 10.5. The highest BCUT2D eigenvalue weighted by Gasteiger charge is 2.32. The Morgan fingerprint density at radius 1 is 1.44 bits per heavy atom. The first kappa shape index (κ1) is 11.3. The van der Waals surface area contributed by atoms with Crippen LogP contribution in [0.25, 0.3) is 0 Å². The van der Waals surface area contributed by atoms with Crippen LogP contribution in [0.3, 0.4) is 0 Å². The van der Waals surface area contributed by atoms with Crippen molar-refractivity contribution in [3.63, 3.8) is 0 Å². The first-order valence-electron chi connectivity index (χ1n) is 5.76. The van der Waals surface area contributed by atoms with Gasteiger partial charge in [0.1, 0.15) is 0 Å². The molecule has 1 aromatic rings. The fourth-order valence-electron chi connectivity index (χ4n) is 2.20. The normalized spacial score (nSPS) is 25.2. The molecule has 0 radical (unpaired) electrons. The SMILES string of the molecule is NC(=O)c1ccccc1C1NC2=CC=NCC2S1. The average Bonchev–Trinajstić information content (AvgIpc) is 2.82. The van der Waals surface area contributed by atoms with E-state index in [-0.39, 0.29) is 11.3 Å². The van der Waals surface area contributed by atoms with Crippen LogP contribution >= 0.6 is 11.8 Å². The van der Waals surface area contributed by atoms with E-state index in [4.69, 9.17) is 5.73 Å². The van der Waals surface area contributed by atoms with Gasteiger partial charge in [0.15, 0.2) is 0 Å². The summed E-state index contributed by atoms with van der Waals surface area (Å²) in [4.78, 5) is 15.7. The van der Waals surface area contributed by atoms with E-state index in [1.54, 1.807) is 17.8 Å². The second-order valence-electron chi connectivity index (χ2n) is 4.24. The summed E-state index contributed by atoms with van der Waals surface area (Å²) < 4.78 is 0. The fourth-order valence-corrected chi connectivity index (χ4v) is 3.55. The van der Waals surface area contributed by atoms with Crippen molar-refractivity contribution in [3.8, 4) is 0 Å². The molecule has 0 saturated carbocycles. The van der Waals surface area contributed by atoms with Gasteiger partial charge >= 0.3 is 0 Å². The van der Waals surface area contributed by atoms with Gasteiger partial charge in [-0.2, -0.15) is 0 Å². The number of hydrogen-bond donors (Lipinski definition) is 2. The number of fused-ring (bicyclic) bond motifs is 1. The predicted octanol–water partition coefficient (Wildman–Crippen LogP) is 1.46. The molecule has 5 heteroatoms. The van der Waals surface area contributed by atoms with E-state index >= 15 is 0 Å². The van der Waals surface area contributed by atoms with Crippen LogP contribution in [-0.4, -0.2) is 23.9 Å². The van der Waals surface area contributed by atoms with Crippen LogP contribution in [0.4, 0.5) is 0 Å². The highest BCUT2D eigenvalue weighted by atomic mass is 32.2. The Hall–Kier alpha value is -1.75. The summed E-state index contributed by atoms with van der Waals surface area (Å²) in [6, 6.07) is 7.48. The van der Waals surface area contributed by atoms with Crippen LogP contribution < -0.4 is 11.1 Å². The van der Waals surface area contributed by atoms with Crippen LogP contribution in [-0.2, 0) is 0 Å². The van der Waals surface area contributed by atoms with Crippen molar-refractivity contribution < 1.29 is 4.79 Å². The molecule has 2 atom stereocenters. The molecule has 3 rings (SSSR count). The van der Waals surface area contributed by atoms with Gasteiger partial charge in [0.25, 0.3) is 0 Å². The second kappa shape index (κ2) is 4.49. The largest absolute Gasteiger partial charge is 0.372 e. The number of dihydropyridines is 1. The number of nitrogens with two attached hydrogens (primary N) is 1. The van der Waals surface area contributed by atoms with Gasteiger partial charge < -0.3 is 11.1 Å². The fraction of sp³-hybridized carbons (Fsp3) is 0.231. The summed E-state index contributed by atoms with van der Waals surface area (Å²) in [5.41, 5.74) is 8.13. The van der Waals surface area contributed by atoms with Crippen LogP contribution in [0.5, 0.6) is 0 Å². The van der Waals surface area contributed by atoms with E-state index in [0.29, 0.717) is 10.8 Å². The van der Waals surface area contributed by atoms with E-state index in [1.165, 1.54) is 5.70 Å². The Morgan fingerprint density at radius 3 is 3.06 bits per heavy atom. The van der Waals surface area contributed by atoms with Crippen LogP contribution in [0.15, 0.2) is 41.0 Å². The molecule has 1 fully saturated rings. The Kier molecular flexibility index (Phi) is 2.83. The molecular weight excluding hydrogens is 246 g/mol. The first-order chi connectivity index (χ1) is 8.75. The van der Waals surface area contributed by atoms with Crippen molar-refractivity contribution in [2.45, 2.75) is 10.6 Å². The summed E-state index contributed by atoms with van der Waals surface area (Å²) in [6.07, 6.45) is 3.82. The van der Waals surface area contributed by atoms with Crippen molar-refractivity contribution >= 4 is 23.9 Å². The molecular formula is C13H13N3OS. The van der Waals surface area contributed by atoms with Gasteiger partial charge in [-0.15, -0.1) is 11.8 Å². The Labute approximate surface area is 109 Å². The van der Waals surface area contributed by atoms with E-state index in [0.717, 1.165) is 12.1 Å². The number of nitrogens with one attached hydrogen (secondary N) is 1. The molecule has 1 aromatic carbocycles. The molecule has 0 aromatic heterocycles. The number of benzene rings is 1. The van der Waals surface area contributed by atoms with Crippen molar-refractivity contribution in [2.75, 3.05) is 6.54 Å². The number of allylic oxidation sites excluding steroid dienone is 1. The van der Waals surface area contributed by atoms with Crippen molar-refractivity contribution in [1.29, 1.82) is 0 Å². The lowest BCUT2D eigenvalue weighted by molar-refractivity contribution is 0.0999. The minimum absolute atomic E-state index is 0.0756. The van der Waals surface area contributed by atoms with Crippen LogP contribution in [0.2, 0.25) is 0 Å². The molecule has 2 heterocycles. The molecule has 0 aliphatic carbocycles. The zero-order valence-electron chi connectivity index (χ0n) is 9.67. The Bertz CT molecular complexity index is 553. The molecule has 1 saturated heterocycles. The zero-order chi connectivity index (χ0) is 12.5. The molecule has 18 heavy (non-hydrogen) atoms. The average molecular weight is 259 g/mol. The van der Waals surface area contributed by atoms with Gasteiger partial charge in [-0.3, -0.25) is 9.79 Å². The summed E-state index contributed by atoms with van der Waals surface area (Å²) in [7, 11) is 0. The maximum absolute atomic E-state index is 11.4. The third-order valence-electron chi connectivity index (χ3n) is 3.08. The van der Waals surface area contributed by atoms with Crippen LogP contribution in [0, 0.1) is 0 Å². The number of carbonyl (C=O) groups excluding carboxylic acids is 1. The molecule has 92 valence electrons. The van der Waals surface area contributed by atoms with E-state index in [1.807, 2.05) is 30.5 Å². The standard InChI is InChI=1S/C13H13N3OS/c14-12(17)8-3-1-2-4-9(8)13-16-10-5-6-15-7-11(10)18-13/h1-6,11,13,16H,7H2,(H2,14,17). The number of aliphatic imine (C=N–C) groups is 1. The van der Waals surface area contributed by atoms with E-state index in [9.17, 15) is 4.79 Å². The summed E-state index contributed by atoms with van der Waals surface area (Å²) in [5.74, 6) is -0.381. The minimum atomic E-state index is -0.381. The highest BCUT2D eigenvalue weighted by Crippen LogP contribution is 2.41. The minimum Gasteiger partial charge on any atom is -0.372 e. The molecule has 3 N–H and O–H groups in total. The maximum atomic E-state index is 11.4. The second-order valence-corrected chi connectivity index (χ2v) is 5.55. The number of hydrogen-bond acceptors (Lipinski definition) is 4. The molecule has 2 unspecified atom stereocenters. The summed E-state index contributed by atoms with van der Waals surface area (Å²) in [6.45, 7) is 0.790. The lowest BCUT2D eigenvalue weighted by Crippen LogP contribution is -2.20. The third kappa shape index (κ3) is 1.90. The number of amides is 1. The number of carbonyl (C=O) groups is 1. The van der Waals surface area contributed by atoms with E-state index < -0.39 is 0 Å². The molecule has 1 amide bonds. The van der Waals surface area contributed by atoms with Gasteiger partial charge in [0, 0.05) is 17.5 Å². The molecule has 2 aliphatic rings. The predicted molar refractivity (Wildman–Crippen MR) is 73.7 cm³/mol. The van der Waals surface area contributed by atoms with Crippen molar-refractivity contribution in [1.82, 2.24) is 5.32 Å². The van der Waals surface area contributed by atoms with Gasteiger partial charge in [0.05, 0.1) is 17.2 Å². The quantitative estimate of drug-likeness (QED) is 0.845. The third-order valence-corrected chi connectivity index (χ3v) is 4.46. The van der Waals surface area contributed by atoms with Gasteiger partial charge in [-0.05, 0) is 17.7 Å². The molecule has 4 nitrogen and oxygen atoms in total. The first-order valence-corrected chi connectivity index (χ1v) is 6.71. The smallest absolute Gasteiger partial charge is 0.249 e. The summed E-state index contributed by atoms with van der Waals surface area (Å²) in [5, 5.41) is 3.87. The summed E-state index contributed by atoms with van der Waals surface area (Å²) >= 11 is 1.78. The topological polar surface area (TPSA) is 67.5 Å². The lowest BCUT2D eigenvalue weighted by Gasteiger charge is -2.13. The Balaban J connectivity index is 1.91. The number of thioether (sulfide) groups is 1. The number of primary amides is 1. The van der Waals surface area contributed by atoms with Crippen molar-refractivity contribution in [3.05, 3.63) is 47.2 Å².